The van der Waals surface area contributed by atoms with Gasteiger partial charge in [-0.1, -0.05) is 12.8 Å². The highest BCUT2D eigenvalue weighted by Gasteiger charge is 2.44. The first-order chi connectivity index (χ1) is 9.16. The van der Waals surface area contributed by atoms with Crippen LogP contribution in [0.5, 0.6) is 0 Å². The number of urea groups is 1. The maximum atomic E-state index is 12.1. The highest BCUT2D eigenvalue weighted by Crippen LogP contribution is 2.32. The molecule has 2 heterocycles. The van der Waals surface area contributed by atoms with Gasteiger partial charge in [0, 0.05) is 19.1 Å². The lowest BCUT2D eigenvalue weighted by Gasteiger charge is -2.39. The zero-order valence-electron chi connectivity index (χ0n) is 11.0. The topological polar surface area (TPSA) is 72.9 Å². The van der Waals surface area contributed by atoms with Gasteiger partial charge in [-0.15, -0.1) is 0 Å². The fourth-order valence-electron chi connectivity index (χ4n) is 3.77. The summed E-state index contributed by atoms with van der Waals surface area (Å²) >= 11 is 0. The third-order valence-corrected chi connectivity index (χ3v) is 4.76. The molecule has 3 rings (SSSR count). The summed E-state index contributed by atoms with van der Waals surface area (Å²) in [7, 11) is 0. The van der Waals surface area contributed by atoms with Crippen molar-refractivity contribution in [1.82, 2.24) is 15.1 Å². The van der Waals surface area contributed by atoms with Crippen LogP contribution in [0.1, 0.15) is 38.5 Å². The highest BCUT2D eigenvalue weighted by atomic mass is 16.4. The molecule has 3 amide bonds. The minimum absolute atomic E-state index is 0.0608. The van der Waals surface area contributed by atoms with Crippen molar-refractivity contribution in [2.45, 2.75) is 56.7 Å². The molecule has 1 saturated carbocycles. The van der Waals surface area contributed by atoms with Gasteiger partial charge in [-0.05, 0) is 25.7 Å². The van der Waals surface area contributed by atoms with E-state index in [1.807, 2.05) is 4.90 Å². The summed E-state index contributed by atoms with van der Waals surface area (Å²) in [6.45, 7) is 1.09. The summed E-state index contributed by atoms with van der Waals surface area (Å²) < 4.78 is 0. The molecule has 2 atom stereocenters. The second-order valence-corrected chi connectivity index (χ2v) is 5.82. The molecule has 2 aliphatic heterocycles. The first-order valence-electron chi connectivity index (χ1n) is 7.23. The lowest BCUT2D eigenvalue weighted by molar-refractivity contribution is 0.0927. The molecule has 0 aromatic heterocycles. The Morgan fingerprint density at radius 2 is 1.84 bits per heavy atom. The van der Waals surface area contributed by atoms with Crippen LogP contribution in [0.4, 0.5) is 9.59 Å². The minimum atomic E-state index is -0.847. The Balaban J connectivity index is 1.65. The third kappa shape index (κ3) is 2.24. The van der Waals surface area contributed by atoms with Crippen LogP contribution in [0.25, 0.3) is 0 Å². The first-order valence-corrected chi connectivity index (χ1v) is 7.23. The Bertz CT molecular complexity index is 379. The molecule has 0 radical (unpaired) electrons. The number of carbonyl (C=O) groups is 2. The fourth-order valence-corrected chi connectivity index (χ4v) is 3.77. The first kappa shape index (κ1) is 12.6. The van der Waals surface area contributed by atoms with Crippen LogP contribution >= 0.6 is 0 Å². The molecule has 3 aliphatic rings. The normalized spacial score (nSPS) is 32.1. The molecule has 6 nitrogen and oxygen atoms in total. The molecule has 0 aromatic rings. The summed E-state index contributed by atoms with van der Waals surface area (Å²) in [6, 6.07) is 0.927. The van der Waals surface area contributed by atoms with Crippen LogP contribution in [0.15, 0.2) is 0 Å². The van der Waals surface area contributed by atoms with Gasteiger partial charge in [-0.2, -0.15) is 0 Å². The molecule has 0 aromatic carbocycles. The summed E-state index contributed by atoms with van der Waals surface area (Å²) in [5, 5.41) is 12.1. The largest absolute Gasteiger partial charge is 0.465 e. The third-order valence-electron chi connectivity index (χ3n) is 4.76. The molecule has 106 valence electrons. The number of hydrogen-bond acceptors (Lipinski definition) is 2. The zero-order chi connectivity index (χ0) is 13.4. The van der Waals surface area contributed by atoms with Crippen molar-refractivity contribution in [3.05, 3.63) is 0 Å². The number of nitrogens with one attached hydrogen (secondary N) is 1. The Labute approximate surface area is 112 Å². The Hall–Kier alpha value is -1.46. The van der Waals surface area contributed by atoms with Crippen LogP contribution in [-0.4, -0.2) is 58.2 Å². The van der Waals surface area contributed by atoms with Crippen molar-refractivity contribution in [3.63, 3.8) is 0 Å². The van der Waals surface area contributed by atoms with E-state index in [9.17, 15) is 9.59 Å². The smallest absolute Gasteiger partial charge is 0.407 e. The van der Waals surface area contributed by atoms with E-state index in [0.717, 1.165) is 25.7 Å². The van der Waals surface area contributed by atoms with Gasteiger partial charge in [0.2, 0.25) is 0 Å². The maximum Gasteiger partial charge on any atom is 0.407 e. The molecular formula is C13H21N3O3. The molecule has 19 heavy (non-hydrogen) atoms. The van der Waals surface area contributed by atoms with Gasteiger partial charge in [-0.25, -0.2) is 9.59 Å². The molecule has 2 N–H and O–H groups in total. The van der Waals surface area contributed by atoms with Gasteiger partial charge >= 0.3 is 12.1 Å². The molecular weight excluding hydrogens is 246 g/mol. The minimum Gasteiger partial charge on any atom is -0.465 e. The molecule has 1 aliphatic carbocycles. The van der Waals surface area contributed by atoms with Crippen LogP contribution in [0.2, 0.25) is 0 Å². The molecule has 0 unspecified atom stereocenters. The molecule has 2 saturated heterocycles. The predicted molar refractivity (Wildman–Crippen MR) is 69.0 cm³/mol. The van der Waals surface area contributed by atoms with E-state index < -0.39 is 6.09 Å². The fraction of sp³-hybridized carbons (Fsp3) is 0.846. The van der Waals surface area contributed by atoms with Crippen molar-refractivity contribution in [2.75, 3.05) is 13.1 Å². The van der Waals surface area contributed by atoms with E-state index in [-0.39, 0.29) is 12.1 Å². The van der Waals surface area contributed by atoms with Crippen molar-refractivity contribution < 1.29 is 14.7 Å². The average molecular weight is 267 g/mol. The van der Waals surface area contributed by atoms with E-state index >= 15 is 0 Å². The second-order valence-electron chi connectivity index (χ2n) is 5.82. The summed E-state index contributed by atoms with van der Waals surface area (Å²) in [5.74, 6) is 0. The second kappa shape index (κ2) is 4.90. The van der Waals surface area contributed by atoms with Gasteiger partial charge in [0.15, 0.2) is 0 Å². The Morgan fingerprint density at radius 1 is 1.16 bits per heavy atom. The lowest BCUT2D eigenvalue weighted by atomic mass is 9.89. The predicted octanol–water partition coefficient (Wildman–Crippen LogP) is 1.47. The number of rotatable bonds is 1. The van der Waals surface area contributed by atoms with E-state index in [4.69, 9.17) is 5.11 Å². The van der Waals surface area contributed by atoms with Gasteiger partial charge in [0.1, 0.15) is 0 Å². The molecule has 6 heteroatoms. The average Bonchev–Trinajstić information content (AvgIpc) is 2.74. The quantitative estimate of drug-likeness (QED) is 0.755. The van der Waals surface area contributed by atoms with Crippen LogP contribution < -0.4 is 5.32 Å². The number of likely N-dealkylation sites (tertiary alicyclic amines) is 1. The van der Waals surface area contributed by atoms with Crippen molar-refractivity contribution in [2.24, 2.45) is 0 Å². The van der Waals surface area contributed by atoms with E-state index in [0.29, 0.717) is 25.2 Å². The number of carbonyl (C=O) groups excluding carboxylic acids is 1. The number of carboxylic acid groups (broad SMARTS) is 1. The van der Waals surface area contributed by atoms with E-state index in [2.05, 4.69) is 5.32 Å². The lowest BCUT2D eigenvalue weighted by Crippen LogP contribution is -2.50. The standard InChI is InChI=1S/C13H21N3O3/c17-12-14-10-3-1-2-4-11(10)16(12)9-5-7-15(8-6-9)13(18)19/h9-11H,1-8H2,(H,14,17)(H,18,19)/t10-,11-/m1/s1. The molecule has 0 bridgehead atoms. The van der Waals surface area contributed by atoms with Gasteiger partial charge in [0.25, 0.3) is 0 Å². The number of fused-ring (bicyclic) bond motifs is 1. The maximum absolute atomic E-state index is 12.1. The Kier molecular flexibility index (Phi) is 3.24. The molecule has 0 spiro atoms. The van der Waals surface area contributed by atoms with E-state index in [1.165, 1.54) is 17.7 Å². The summed E-state index contributed by atoms with van der Waals surface area (Å²) in [4.78, 5) is 26.5. The zero-order valence-corrected chi connectivity index (χ0v) is 11.0. The van der Waals surface area contributed by atoms with Crippen LogP contribution in [0, 0.1) is 0 Å². The SMILES string of the molecule is O=C(O)N1CCC(N2C(=O)N[C@@H]3CCCC[C@H]32)CC1. The van der Waals surface area contributed by atoms with Crippen molar-refractivity contribution in [3.8, 4) is 0 Å². The number of piperidine rings is 1. The Morgan fingerprint density at radius 3 is 2.53 bits per heavy atom. The van der Waals surface area contributed by atoms with Crippen molar-refractivity contribution in [1.29, 1.82) is 0 Å². The van der Waals surface area contributed by atoms with Gasteiger partial charge in [0.05, 0.1) is 12.1 Å². The number of nitrogens with zero attached hydrogens (tertiary/aromatic N) is 2. The van der Waals surface area contributed by atoms with Gasteiger partial charge in [-0.3, -0.25) is 0 Å². The monoisotopic (exact) mass is 267 g/mol. The number of hydrogen-bond donors (Lipinski definition) is 2. The van der Waals surface area contributed by atoms with Crippen LogP contribution in [0.3, 0.4) is 0 Å². The van der Waals surface area contributed by atoms with Crippen molar-refractivity contribution >= 4 is 12.1 Å². The van der Waals surface area contributed by atoms with Crippen LogP contribution in [-0.2, 0) is 0 Å². The highest BCUT2D eigenvalue weighted by molar-refractivity contribution is 5.78. The summed E-state index contributed by atoms with van der Waals surface area (Å²) in [6.07, 6.45) is 5.25. The van der Waals surface area contributed by atoms with Gasteiger partial charge < -0.3 is 20.2 Å². The molecule has 3 fully saturated rings. The summed E-state index contributed by atoms with van der Waals surface area (Å²) in [5.41, 5.74) is 0. The van der Waals surface area contributed by atoms with E-state index in [1.54, 1.807) is 0 Å². The number of amides is 3.